The monoisotopic (exact) mass is 509 g/mol. The average molecular weight is 510 g/mol. The average Bonchev–Trinajstić information content (AvgIpc) is 2.79. The first-order chi connectivity index (χ1) is 16.4. The molecule has 0 aromatic heterocycles. The Morgan fingerprint density at radius 2 is 1.43 bits per heavy atom. The number of hydrogen-bond donors (Lipinski definition) is 10. The van der Waals surface area contributed by atoms with Gasteiger partial charge in [-0.05, 0) is 12.8 Å². The van der Waals surface area contributed by atoms with Crippen LogP contribution in [0.3, 0.4) is 0 Å². The molecular formula is C20H39N5O10. The fourth-order valence-electron chi connectivity index (χ4n) is 4.64. The summed E-state index contributed by atoms with van der Waals surface area (Å²) >= 11 is 0. The second-order valence-electron chi connectivity index (χ2n) is 9.49. The molecule has 0 aromatic rings. The highest BCUT2D eigenvalue weighted by atomic mass is 16.7. The van der Waals surface area contributed by atoms with Crippen molar-refractivity contribution in [1.82, 2.24) is 5.32 Å². The van der Waals surface area contributed by atoms with E-state index in [1.165, 1.54) is 6.92 Å². The van der Waals surface area contributed by atoms with E-state index < -0.39 is 92.2 Å². The van der Waals surface area contributed by atoms with Crippen molar-refractivity contribution < 1.29 is 49.3 Å². The first kappa shape index (κ1) is 28.5. The number of carbonyl (C=O) groups is 1. The third kappa shape index (κ3) is 6.45. The van der Waals surface area contributed by atoms with Crippen LogP contribution in [0.15, 0.2) is 0 Å². The molecule has 0 spiro atoms. The van der Waals surface area contributed by atoms with Gasteiger partial charge in [0.1, 0.15) is 42.7 Å². The molecule has 35 heavy (non-hydrogen) atoms. The van der Waals surface area contributed by atoms with Gasteiger partial charge < -0.3 is 72.7 Å². The lowest BCUT2D eigenvalue weighted by molar-refractivity contribution is -0.315. The van der Waals surface area contributed by atoms with Gasteiger partial charge in [-0.3, -0.25) is 4.79 Å². The second-order valence-corrected chi connectivity index (χ2v) is 9.49. The summed E-state index contributed by atoms with van der Waals surface area (Å²) in [5, 5.41) is 53.7. The van der Waals surface area contributed by atoms with E-state index in [1.807, 2.05) is 0 Å². The van der Waals surface area contributed by atoms with Gasteiger partial charge in [-0.2, -0.15) is 0 Å². The maximum atomic E-state index is 11.2. The maximum Gasteiger partial charge on any atom is 0.216 e. The molecule has 2 saturated heterocycles. The van der Waals surface area contributed by atoms with Crippen LogP contribution in [0.2, 0.25) is 0 Å². The molecule has 15 heteroatoms. The van der Waals surface area contributed by atoms with Crippen LogP contribution in [0, 0.1) is 0 Å². The summed E-state index contributed by atoms with van der Waals surface area (Å²) in [4.78, 5) is 11.2. The molecule has 0 radical (unpaired) electrons. The normalized spacial score (nSPS) is 49.0. The highest BCUT2D eigenvalue weighted by molar-refractivity contribution is 5.72. The number of hydrogen-bond acceptors (Lipinski definition) is 14. The Balaban J connectivity index is 1.69. The summed E-state index contributed by atoms with van der Waals surface area (Å²) in [6.45, 7) is 0.798. The topological polar surface area (TPSA) is 271 Å². The van der Waals surface area contributed by atoms with Crippen LogP contribution < -0.4 is 28.3 Å². The number of rotatable bonds is 7. The SMILES string of the molecule is CC(=O)NCC1OC(OC2C(N)CC(N)C(OC3OC(CO)C(O)C(N)C3O)C2O)C(N)CC1O. The second kappa shape index (κ2) is 12.0. The van der Waals surface area contributed by atoms with Crippen LogP contribution in [0.5, 0.6) is 0 Å². The molecule has 14 unspecified atom stereocenters. The number of aliphatic hydroxyl groups is 5. The summed E-state index contributed by atoms with van der Waals surface area (Å²) in [5.74, 6) is -0.297. The van der Waals surface area contributed by atoms with Crippen LogP contribution in [0.4, 0.5) is 0 Å². The van der Waals surface area contributed by atoms with Crippen molar-refractivity contribution in [2.75, 3.05) is 13.2 Å². The van der Waals surface area contributed by atoms with E-state index in [0.29, 0.717) is 0 Å². The van der Waals surface area contributed by atoms with E-state index in [2.05, 4.69) is 5.32 Å². The van der Waals surface area contributed by atoms with Gasteiger partial charge in [-0.1, -0.05) is 0 Å². The van der Waals surface area contributed by atoms with Crippen molar-refractivity contribution in [2.45, 2.75) is 105 Å². The Morgan fingerprint density at radius 1 is 0.857 bits per heavy atom. The van der Waals surface area contributed by atoms with E-state index in [4.69, 9.17) is 41.9 Å². The third-order valence-corrected chi connectivity index (χ3v) is 6.73. The van der Waals surface area contributed by atoms with Crippen molar-refractivity contribution in [3.8, 4) is 0 Å². The Kier molecular flexibility index (Phi) is 9.78. The number of aliphatic hydroxyl groups excluding tert-OH is 5. The standard InChI is InChI=1S/C20H39N5O10/c1-6(27)25-4-11-10(28)3-9(23)19(32-11)34-17-7(21)2-8(22)18(16(17)31)35-20-15(30)13(24)14(29)12(5-26)33-20/h7-20,26,28-31H,2-5,21-24H2,1H3,(H,25,27). The molecule has 0 bridgehead atoms. The number of nitrogens with two attached hydrogens (primary N) is 4. The quantitative estimate of drug-likeness (QED) is 0.153. The lowest BCUT2D eigenvalue weighted by Crippen LogP contribution is -2.68. The van der Waals surface area contributed by atoms with Gasteiger partial charge in [0, 0.05) is 25.6 Å². The minimum Gasteiger partial charge on any atom is -0.394 e. The Morgan fingerprint density at radius 3 is 2.00 bits per heavy atom. The molecule has 3 fully saturated rings. The molecule has 2 aliphatic heterocycles. The molecule has 3 aliphatic rings. The number of amides is 1. The molecule has 15 nitrogen and oxygen atoms in total. The zero-order valence-electron chi connectivity index (χ0n) is 19.5. The number of carbonyl (C=O) groups excluding carboxylic acids is 1. The Hall–Kier alpha value is -1.05. The lowest BCUT2D eigenvalue weighted by atomic mass is 9.84. The first-order valence-corrected chi connectivity index (χ1v) is 11.7. The van der Waals surface area contributed by atoms with Crippen LogP contribution in [0.1, 0.15) is 19.8 Å². The van der Waals surface area contributed by atoms with Crippen molar-refractivity contribution in [3.63, 3.8) is 0 Å². The summed E-state index contributed by atoms with van der Waals surface area (Å²) < 4.78 is 22.9. The number of nitrogens with one attached hydrogen (secondary N) is 1. The number of ether oxygens (including phenoxy) is 4. The van der Waals surface area contributed by atoms with Crippen LogP contribution in [0.25, 0.3) is 0 Å². The van der Waals surface area contributed by atoms with Gasteiger partial charge in [-0.25, -0.2) is 0 Å². The van der Waals surface area contributed by atoms with Crippen molar-refractivity contribution in [3.05, 3.63) is 0 Å². The summed E-state index contributed by atoms with van der Waals surface area (Å²) in [5.41, 5.74) is 24.3. The largest absolute Gasteiger partial charge is 0.394 e. The van der Waals surface area contributed by atoms with Gasteiger partial charge in [0.15, 0.2) is 12.6 Å². The highest BCUT2D eigenvalue weighted by Crippen LogP contribution is 2.30. The van der Waals surface area contributed by atoms with Gasteiger partial charge in [0.05, 0.1) is 24.8 Å². The molecule has 0 aromatic carbocycles. The maximum absolute atomic E-state index is 11.2. The summed E-state index contributed by atoms with van der Waals surface area (Å²) in [6.07, 6.45) is -11.4. The van der Waals surface area contributed by atoms with E-state index in [1.54, 1.807) is 0 Å². The first-order valence-electron chi connectivity index (χ1n) is 11.7. The fraction of sp³-hybridized carbons (Fsp3) is 0.950. The van der Waals surface area contributed by atoms with Gasteiger partial charge in [0.2, 0.25) is 5.91 Å². The molecular weight excluding hydrogens is 470 g/mol. The zero-order chi connectivity index (χ0) is 26.0. The highest BCUT2D eigenvalue weighted by Gasteiger charge is 2.50. The Bertz CT molecular complexity index is 707. The summed E-state index contributed by atoms with van der Waals surface area (Å²) in [6, 6.07) is -3.43. The molecule has 1 aliphatic carbocycles. The minimum absolute atomic E-state index is 0.0357. The predicted octanol–water partition coefficient (Wildman–Crippen LogP) is -6.12. The minimum atomic E-state index is -1.46. The smallest absolute Gasteiger partial charge is 0.216 e. The molecule has 14 N–H and O–H groups in total. The summed E-state index contributed by atoms with van der Waals surface area (Å²) in [7, 11) is 0. The van der Waals surface area contributed by atoms with Crippen LogP contribution >= 0.6 is 0 Å². The molecule has 1 saturated carbocycles. The third-order valence-electron chi connectivity index (χ3n) is 6.73. The van der Waals surface area contributed by atoms with E-state index in [0.717, 1.165) is 0 Å². The Labute approximate surface area is 202 Å². The van der Waals surface area contributed by atoms with Crippen molar-refractivity contribution in [2.24, 2.45) is 22.9 Å². The van der Waals surface area contributed by atoms with Gasteiger partial charge in [-0.15, -0.1) is 0 Å². The lowest BCUT2D eigenvalue weighted by Gasteiger charge is -2.47. The van der Waals surface area contributed by atoms with Crippen LogP contribution in [-0.2, 0) is 23.7 Å². The molecule has 204 valence electrons. The predicted molar refractivity (Wildman–Crippen MR) is 118 cm³/mol. The van der Waals surface area contributed by atoms with E-state index >= 15 is 0 Å². The van der Waals surface area contributed by atoms with Crippen LogP contribution in [-0.4, -0.2) is 130 Å². The van der Waals surface area contributed by atoms with Crippen molar-refractivity contribution in [1.29, 1.82) is 0 Å². The molecule has 14 atom stereocenters. The van der Waals surface area contributed by atoms with Gasteiger partial charge >= 0.3 is 0 Å². The molecule has 1 amide bonds. The van der Waals surface area contributed by atoms with Crippen molar-refractivity contribution >= 4 is 5.91 Å². The van der Waals surface area contributed by atoms with Gasteiger partial charge in [0.25, 0.3) is 0 Å². The van der Waals surface area contributed by atoms with E-state index in [-0.39, 0.29) is 25.3 Å². The molecule has 3 rings (SSSR count). The fourth-order valence-corrected chi connectivity index (χ4v) is 4.64. The molecule has 2 heterocycles. The van der Waals surface area contributed by atoms with E-state index in [9.17, 15) is 30.3 Å². The zero-order valence-corrected chi connectivity index (χ0v) is 19.5.